The molecule has 0 saturated carbocycles. The average Bonchev–Trinajstić information content (AvgIpc) is 3.30. The normalized spacial score (nSPS) is 14.4. The van der Waals surface area contributed by atoms with Gasteiger partial charge >= 0.3 is 0 Å². The quantitative estimate of drug-likeness (QED) is 0.221. The molecule has 4 aromatic rings. The Labute approximate surface area is 234 Å². The lowest BCUT2D eigenvalue weighted by atomic mass is 9.91. The van der Waals surface area contributed by atoms with Gasteiger partial charge in [0.1, 0.15) is 11.4 Å². The molecule has 0 spiro atoms. The van der Waals surface area contributed by atoms with Crippen LogP contribution in [0.1, 0.15) is 32.9 Å². The lowest BCUT2D eigenvalue weighted by molar-refractivity contribution is -0.384. The molecule has 1 aliphatic rings. The van der Waals surface area contributed by atoms with Crippen LogP contribution >= 0.6 is 0 Å². The largest absolute Gasteiger partial charge is 0.497 e. The maximum Gasteiger partial charge on any atom is 0.270 e. The molecule has 0 radical (unpaired) electrons. The van der Waals surface area contributed by atoms with Crippen molar-refractivity contribution in [3.63, 3.8) is 0 Å². The van der Waals surface area contributed by atoms with Crippen molar-refractivity contribution in [1.29, 1.82) is 0 Å². The summed E-state index contributed by atoms with van der Waals surface area (Å²) in [6.45, 7) is 9.87. The zero-order valence-electron chi connectivity index (χ0n) is 23.5. The molecule has 0 unspecified atom stereocenters. The molecule has 2 aromatic carbocycles. The Morgan fingerprint density at radius 2 is 1.68 bits per heavy atom. The number of non-ortho nitro benzene ring substituents is 1. The number of nitro groups is 1. The zero-order chi connectivity index (χ0) is 28.4. The van der Waals surface area contributed by atoms with E-state index in [2.05, 4.69) is 30.1 Å². The Morgan fingerprint density at radius 3 is 2.33 bits per heavy atom. The number of hydrogen-bond donors (Lipinski definition) is 0. The number of carbonyl (C=O) groups excluding carboxylic acids is 1. The zero-order valence-corrected chi connectivity index (χ0v) is 23.5. The number of rotatable bonds is 7. The first kappa shape index (κ1) is 27.3. The van der Waals surface area contributed by atoms with E-state index in [0.29, 0.717) is 26.1 Å². The smallest absolute Gasteiger partial charge is 0.270 e. The number of ether oxygens (including phenoxy) is 1. The van der Waals surface area contributed by atoms with Gasteiger partial charge < -0.3 is 14.0 Å². The van der Waals surface area contributed by atoms with Crippen molar-refractivity contribution in [2.45, 2.75) is 33.7 Å². The fourth-order valence-electron chi connectivity index (χ4n) is 5.13. The first-order valence-corrected chi connectivity index (χ1v) is 13.5. The first-order valence-electron chi connectivity index (χ1n) is 13.5. The van der Waals surface area contributed by atoms with Gasteiger partial charge in [0, 0.05) is 63.0 Å². The highest BCUT2D eigenvalue weighted by Crippen LogP contribution is 2.31. The van der Waals surface area contributed by atoms with Gasteiger partial charge in [-0.2, -0.15) is 0 Å². The molecule has 40 heavy (non-hydrogen) atoms. The van der Waals surface area contributed by atoms with Crippen molar-refractivity contribution in [2.75, 3.05) is 33.3 Å². The Morgan fingerprint density at radius 1 is 0.975 bits per heavy atom. The topological polar surface area (TPSA) is 93.2 Å². The summed E-state index contributed by atoms with van der Waals surface area (Å²) in [5.74, 6) is 0.987. The van der Waals surface area contributed by atoms with E-state index < -0.39 is 0 Å². The Balaban J connectivity index is 1.48. The molecule has 2 aromatic heterocycles. The minimum absolute atomic E-state index is 0.0328. The Kier molecular flexibility index (Phi) is 7.58. The van der Waals surface area contributed by atoms with Crippen LogP contribution < -0.4 is 4.74 Å². The summed E-state index contributed by atoms with van der Waals surface area (Å²) in [6, 6.07) is 18.4. The Bertz CT molecular complexity index is 1530. The number of aromatic nitrogens is 2. The molecule has 5 rings (SSSR count). The summed E-state index contributed by atoms with van der Waals surface area (Å²) in [5, 5.41) is 11.4. The maximum atomic E-state index is 12.8. The highest BCUT2D eigenvalue weighted by molar-refractivity contribution is 5.77. The number of hydrogen-bond acceptors (Lipinski definition) is 6. The number of methoxy groups -OCH3 is 1. The van der Waals surface area contributed by atoms with Crippen LogP contribution in [0.25, 0.3) is 28.0 Å². The van der Waals surface area contributed by atoms with Gasteiger partial charge in [-0.1, -0.05) is 32.9 Å². The van der Waals surface area contributed by atoms with Gasteiger partial charge in [-0.25, -0.2) is 4.98 Å². The van der Waals surface area contributed by atoms with Crippen LogP contribution in [-0.4, -0.2) is 63.3 Å². The molecule has 1 amide bonds. The van der Waals surface area contributed by atoms with E-state index in [1.54, 1.807) is 19.2 Å². The second-order valence-corrected chi connectivity index (χ2v) is 11.5. The summed E-state index contributed by atoms with van der Waals surface area (Å²) in [4.78, 5) is 33.1. The SMILES string of the molecule is COc1ccc(-c2nc3ccc(-c4cccc([N+](=O)[O-])c4)cn3c2CN2CCN(C(=O)CC(C)(C)C)CC2)cc1. The number of carbonyl (C=O) groups is 1. The van der Waals surface area contributed by atoms with Crippen molar-refractivity contribution in [3.8, 4) is 28.1 Å². The summed E-state index contributed by atoms with van der Waals surface area (Å²) < 4.78 is 7.44. The molecule has 9 heteroatoms. The van der Waals surface area contributed by atoms with Gasteiger partial charge in [-0.05, 0) is 52.9 Å². The molecule has 9 nitrogen and oxygen atoms in total. The van der Waals surface area contributed by atoms with E-state index in [1.807, 2.05) is 53.6 Å². The van der Waals surface area contributed by atoms with E-state index in [-0.39, 0.29) is 21.9 Å². The molecule has 3 heterocycles. The fourth-order valence-corrected chi connectivity index (χ4v) is 5.13. The third kappa shape index (κ3) is 5.99. The van der Waals surface area contributed by atoms with Gasteiger partial charge in [-0.3, -0.25) is 19.8 Å². The molecule has 0 atom stereocenters. The number of imidazole rings is 1. The van der Waals surface area contributed by atoms with E-state index in [9.17, 15) is 14.9 Å². The summed E-state index contributed by atoms with van der Waals surface area (Å²) >= 11 is 0. The van der Waals surface area contributed by atoms with Crippen molar-refractivity contribution in [3.05, 3.63) is 82.7 Å². The minimum Gasteiger partial charge on any atom is -0.497 e. The molecule has 1 fully saturated rings. The van der Waals surface area contributed by atoms with Crippen LogP contribution in [0, 0.1) is 15.5 Å². The van der Waals surface area contributed by atoms with Crippen LogP contribution in [-0.2, 0) is 11.3 Å². The summed E-state index contributed by atoms with van der Waals surface area (Å²) in [5.41, 5.74) is 5.36. The third-order valence-electron chi connectivity index (χ3n) is 7.25. The minimum atomic E-state index is -0.377. The molecule has 0 aliphatic carbocycles. The second kappa shape index (κ2) is 11.1. The van der Waals surface area contributed by atoms with Gasteiger partial charge in [0.25, 0.3) is 5.69 Å². The van der Waals surface area contributed by atoms with Gasteiger partial charge in [0.05, 0.1) is 23.4 Å². The number of piperazine rings is 1. The van der Waals surface area contributed by atoms with E-state index in [4.69, 9.17) is 9.72 Å². The molecule has 1 saturated heterocycles. The monoisotopic (exact) mass is 541 g/mol. The summed E-state index contributed by atoms with van der Waals surface area (Å²) in [6.07, 6.45) is 2.55. The fraction of sp³-hybridized carbons (Fsp3) is 0.355. The number of pyridine rings is 1. The number of benzene rings is 2. The molecule has 208 valence electrons. The van der Waals surface area contributed by atoms with Crippen molar-refractivity contribution in [1.82, 2.24) is 19.2 Å². The molecular weight excluding hydrogens is 506 g/mol. The van der Waals surface area contributed by atoms with Crippen LogP contribution in [0.5, 0.6) is 5.75 Å². The van der Waals surface area contributed by atoms with Crippen LogP contribution in [0.3, 0.4) is 0 Å². The number of amides is 1. The lowest BCUT2D eigenvalue weighted by Crippen LogP contribution is -2.49. The van der Waals surface area contributed by atoms with E-state index in [0.717, 1.165) is 52.6 Å². The number of nitrogens with zero attached hydrogens (tertiary/aromatic N) is 5. The standard InChI is InChI=1S/C31H35N5O4/c1-31(2,3)19-29(37)34-16-14-33(15-17-34)21-27-30(22-8-11-26(40-4)12-9-22)32-28-13-10-24(20-35(27)28)23-6-5-7-25(18-23)36(38)39/h5-13,18,20H,14-17,19,21H2,1-4H3. The highest BCUT2D eigenvalue weighted by Gasteiger charge is 2.26. The second-order valence-electron chi connectivity index (χ2n) is 11.5. The first-order chi connectivity index (χ1) is 19.1. The van der Waals surface area contributed by atoms with Gasteiger partial charge in [-0.15, -0.1) is 0 Å². The van der Waals surface area contributed by atoms with Crippen molar-refractivity contribution >= 4 is 17.2 Å². The maximum absolute atomic E-state index is 12.8. The number of fused-ring (bicyclic) bond motifs is 1. The molecule has 0 bridgehead atoms. The van der Waals surface area contributed by atoms with E-state index >= 15 is 0 Å². The molecular formula is C31H35N5O4. The molecule has 0 N–H and O–H groups in total. The third-order valence-corrected chi connectivity index (χ3v) is 7.25. The molecule has 1 aliphatic heterocycles. The van der Waals surface area contributed by atoms with Crippen molar-refractivity contribution in [2.24, 2.45) is 5.41 Å². The van der Waals surface area contributed by atoms with E-state index in [1.165, 1.54) is 6.07 Å². The van der Waals surface area contributed by atoms with Crippen LogP contribution in [0.2, 0.25) is 0 Å². The van der Waals surface area contributed by atoms with Gasteiger partial charge in [0.2, 0.25) is 5.91 Å². The van der Waals surface area contributed by atoms with Crippen LogP contribution in [0.15, 0.2) is 66.9 Å². The Hall–Kier alpha value is -4.24. The van der Waals surface area contributed by atoms with Crippen molar-refractivity contribution < 1.29 is 14.5 Å². The predicted octanol–water partition coefficient (Wildman–Crippen LogP) is 5.67. The van der Waals surface area contributed by atoms with Crippen LogP contribution in [0.4, 0.5) is 5.69 Å². The highest BCUT2D eigenvalue weighted by atomic mass is 16.6. The lowest BCUT2D eigenvalue weighted by Gasteiger charge is -2.36. The summed E-state index contributed by atoms with van der Waals surface area (Å²) in [7, 11) is 1.65. The average molecular weight is 542 g/mol. The predicted molar refractivity (Wildman–Crippen MR) is 155 cm³/mol. The van der Waals surface area contributed by atoms with Gasteiger partial charge in [0.15, 0.2) is 0 Å². The number of nitro benzene ring substituents is 1.